The van der Waals surface area contributed by atoms with E-state index in [1.165, 1.54) is 57.8 Å². The van der Waals surface area contributed by atoms with Crippen molar-refractivity contribution < 1.29 is 9.47 Å². The Morgan fingerprint density at radius 3 is 2.35 bits per heavy atom. The van der Waals surface area contributed by atoms with Crippen molar-refractivity contribution in [2.75, 3.05) is 26.4 Å². The molecule has 2 atom stereocenters. The Morgan fingerprint density at radius 2 is 1.70 bits per heavy atom. The predicted molar refractivity (Wildman–Crippen MR) is 85.3 cm³/mol. The summed E-state index contributed by atoms with van der Waals surface area (Å²) in [4.78, 5) is 0. The molecule has 120 valence electrons. The van der Waals surface area contributed by atoms with Gasteiger partial charge < -0.3 is 14.8 Å². The Balaban J connectivity index is 2.12. The molecular formula is C17H35NO2. The van der Waals surface area contributed by atoms with E-state index in [0.29, 0.717) is 6.04 Å². The number of hydrogen-bond acceptors (Lipinski definition) is 3. The summed E-state index contributed by atoms with van der Waals surface area (Å²) < 4.78 is 11.4. The second kappa shape index (κ2) is 12.6. The molecule has 0 bridgehead atoms. The molecule has 1 heterocycles. The first-order valence-corrected chi connectivity index (χ1v) is 8.81. The normalized spacial score (nSPS) is 21.0. The lowest BCUT2D eigenvalue weighted by atomic mass is 10.0. The zero-order chi connectivity index (χ0) is 14.5. The van der Waals surface area contributed by atoms with Gasteiger partial charge in [0.15, 0.2) is 0 Å². The summed E-state index contributed by atoms with van der Waals surface area (Å²) in [5, 5.41) is 3.65. The summed E-state index contributed by atoms with van der Waals surface area (Å²) in [5.41, 5.74) is 0. The van der Waals surface area contributed by atoms with Crippen LogP contribution in [0.3, 0.4) is 0 Å². The lowest BCUT2D eigenvalue weighted by Crippen LogP contribution is -2.46. The quantitative estimate of drug-likeness (QED) is 0.551. The summed E-state index contributed by atoms with van der Waals surface area (Å²) in [6, 6.07) is 0.478. The molecule has 2 unspecified atom stereocenters. The molecule has 3 heteroatoms. The SMILES string of the molecule is CCCCCCCCCC(NCCC)C1COCCO1. The van der Waals surface area contributed by atoms with Gasteiger partial charge in [-0.3, -0.25) is 0 Å². The van der Waals surface area contributed by atoms with Gasteiger partial charge in [0.1, 0.15) is 0 Å². The van der Waals surface area contributed by atoms with Crippen molar-refractivity contribution in [1.29, 1.82) is 0 Å². The number of hydrogen-bond donors (Lipinski definition) is 1. The fraction of sp³-hybridized carbons (Fsp3) is 1.00. The highest BCUT2D eigenvalue weighted by atomic mass is 16.6. The minimum atomic E-state index is 0.260. The van der Waals surface area contributed by atoms with Gasteiger partial charge in [0.2, 0.25) is 0 Å². The first-order valence-electron chi connectivity index (χ1n) is 8.81. The average molecular weight is 285 g/mol. The van der Waals surface area contributed by atoms with Gasteiger partial charge in [-0.2, -0.15) is 0 Å². The molecule has 0 aromatic rings. The van der Waals surface area contributed by atoms with Crippen LogP contribution in [0, 0.1) is 0 Å². The Hall–Kier alpha value is -0.120. The fourth-order valence-electron chi connectivity index (χ4n) is 2.81. The van der Waals surface area contributed by atoms with Gasteiger partial charge in [-0.05, 0) is 19.4 Å². The van der Waals surface area contributed by atoms with Gasteiger partial charge >= 0.3 is 0 Å². The van der Waals surface area contributed by atoms with Gasteiger partial charge in [-0.25, -0.2) is 0 Å². The van der Waals surface area contributed by atoms with E-state index in [2.05, 4.69) is 19.2 Å². The van der Waals surface area contributed by atoms with E-state index < -0.39 is 0 Å². The molecule has 20 heavy (non-hydrogen) atoms. The van der Waals surface area contributed by atoms with Crippen LogP contribution >= 0.6 is 0 Å². The van der Waals surface area contributed by atoms with Crippen molar-refractivity contribution >= 4 is 0 Å². The second-order valence-electron chi connectivity index (χ2n) is 5.95. The van der Waals surface area contributed by atoms with E-state index in [0.717, 1.165) is 26.4 Å². The highest BCUT2D eigenvalue weighted by Gasteiger charge is 2.23. The molecule has 0 spiro atoms. The van der Waals surface area contributed by atoms with Crippen molar-refractivity contribution in [3.05, 3.63) is 0 Å². The van der Waals surface area contributed by atoms with Gasteiger partial charge in [0.05, 0.1) is 25.9 Å². The van der Waals surface area contributed by atoms with Crippen molar-refractivity contribution in [1.82, 2.24) is 5.32 Å². The summed E-state index contributed by atoms with van der Waals surface area (Å²) in [6.45, 7) is 7.85. The zero-order valence-corrected chi connectivity index (χ0v) is 13.7. The van der Waals surface area contributed by atoms with Gasteiger partial charge in [0, 0.05) is 6.04 Å². The first-order chi connectivity index (χ1) is 9.88. The maximum atomic E-state index is 5.86. The molecule has 0 saturated carbocycles. The summed E-state index contributed by atoms with van der Waals surface area (Å²) in [5.74, 6) is 0. The second-order valence-corrected chi connectivity index (χ2v) is 5.95. The van der Waals surface area contributed by atoms with Crippen LogP contribution in [0.15, 0.2) is 0 Å². The smallest absolute Gasteiger partial charge is 0.0962 e. The van der Waals surface area contributed by atoms with Crippen molar-refractivity contribution in [3.63, 3.8) is 0 Å². The summed E-state index contributed by atoms with van der Waals surface area (Å²) in [6.07, 6.45) is 12.3. The first kappa shape index (κ1) is 17.9. The van der Waals surface area contributed by atoms with Crippen LogP contribution < -0.4 is 5.32 Å². The zero-order valence-electron chi connectivity index (χ0n) is 13.7. The van der Waals surface area contributed by atoms with E-state index >= 15 is 0 Å². The number of nitrogens with one attached hydrogen (secondary N) is 1. The minimum absolute atomic E-state index is 0.260. The van der Waals surface area contributed by atoms with Gasteiger partial charge in [-0.1, -0.05) is 58.8 Å². The molecular weight excluding hydrogens is 250 g/mol. The van der Waals surface area contributed by atoms with Crippen molar-refractivity contribution in [2.45, 2.75) is 83.8 Å². The third kappa shape index (κ3) is 8.23. The topological polar surface area (TPSA) is 30.5 Å². The minimum Gasteiger partial charge on any atom is -0.376 e. The standard InChI is InChI=1S/C17H35NO2/c1-3-5-6-7-8-9-10-11-16(18-12-4-2)17-15-19-13-14-20-17/h16-18H,3-15H2,1-2H3. The van der Waals surface area contributed by atoms with Crippen LogP contribution in [0.2, 0.25) is 0 Å². The molecule has 0 radical (unpaired) electrons. The molecule has 1 aliphatic rings. The fourth-order valence-corrected chi connectivity index (χ4v) is 2.81. The van der Waals surface area contributed by atoms with Crippen LogP contribution in [0.5, 0.6) is 0 Å². The Morgan fingerprint density at radius 1 is 0.950 bits per heavy atom. The third-order valence-electron chi connectivity index (χ3n) is 4.07. The molecule has 0 aliphatic carbocycles. The van der Waals surface area contributed by atoms with E-state index in [9.17, 15) is 0 Å². The molecule has 0 aromatic carbocycles. The van der Waals surface area contributed by atoms with Gasteiger partial charge in [0.25, 0.3) is 0 Å². The molecule has 1 rings (SSSR count). The molecule has 1 aliphatic heterocycles. The van der Waals surface area contributed by atoms with E-state index in [4.69, 9.17) is 9.47 Å². The molecule has 0 aromatic heterocycles. The largest absolute Gasteiger partial charge is 0.376 e. The van der Waals surface area contributed by atoms with E-state index in [1.54, 1.807) is 0 Å². The van der Waals surface area contributed by atoms with E-state index in [-0.39, 0.29) is 6.10 Å². The number of ether oxygens (including phenoxy) is 2. The lowest BCUT2D eigenvalue weighted by Gasteiger charge is -2.31. The maximum absolute atomic E-state index is 5.86. The van der Waals surface area contributed by atoms with Crippen LogP contribution in [0.1, 0.15) is 71.6 Å². The van der Waals surface area contributed by atoms with Crippen LogP contribution in [-0.2, 0) is 9.47 Å². The molecule has 1 N–H and O–H groups in total. The highest BCUT2D eigenvalue weighted by molar-refractivity contribution is 4.78. The molecule has 1 saturated heterocycles. The lowest BCUT2D eigenvalue weighted by molar-refractivity contribution is -0.102. The average Bonchev–Trinajstić information content (AvgIpc) is 2.50. The summed E-state index contributed by atoms with van der Waals surface area (Å²) in [7, 11) is 0. The Labute approximate surface area is 125 Å². The number of rotatable bonds is 12. The third-order valence-corrected chi connectivity index (χ3v) is 4.07. The van der Waals surface area contributed by atoms with Crippen LogP contribution in [0.25, 0.3) is 0 Å². The summed E-state index contributed by atoms with van der Waals surface area (Å²) >= 11 is 0. The van der Waals surface area contributed by atoms with Crippen LogP contribution in [0.4, 0.5) is 0 Å². The van der Waals surface area contributed by atoms with Crippen LogP contribution in [-0.4, -0.2) is 38.5 Å². The molecule has 3 nitrogen and oxygen atoms in total. The van der Waals surface area contributed by atoms with Crippen molar-refractivity contribution in [3.8, 4) is 0 Å². The van der Waals surface area contributed by atoms with E-state index in [1.807, 2.05) is 0 Å². The molecule has 1 fully saturated rings. The van der Waals surface area contributed by atoms with Crippen molar-refractivity contribution in [2.24, 2.45) is 0 Å². The van der Waals surface area contributed by atoms with Gasteiger partial charge in [-0.15, -0.1) is 0 Å². The predicted octanol–water partition coefficient (Wildman–Crippen LogP) is 3.91. The Bertz CT molecular complexity index is 205. The number of unbranched alkanes of at least 4 members (excludes halogenated alkanes) is 6. The highest BCUT2D eigenvalue weighted by Crippen LogP contribution is 2.14. The Kier molecular flexibility index (Phi) is 11.3. The maximum Gasteiger partial charge on any atom is 0.0962 e. The monoisotopic (exact) mass is 285 g/mol. The molecule has 0 amide bonds.